The minimum absolute atomic E-state index is 0.0260. The molecule has 2 amide bonds. The van der Waals surface area contributed by atoms with E-state index < -0.39 is 0 Å². The maximum absolute atomic E-state index is 12.2. The molecule has 0 spiro atoms. The Morgan fingerprint density at radius 1 is 1.12 bits per heavy atom. The van der Waals surface area contributed by atoms with Gasteiger partial charge in [0.15, 0.2) is 0 Å². The molecule has 5 heteroatoms. The van der Waals surface area contributed by atoms with Gasteiger partial charge in [0.2, 0.25) is 5.91 Å². The van der Waals surface area contributed by atoms with Crippen molar-refractivity contribution in [1.29, 1.82) is 0 Å². The fraction of sp³-hybridized carbons (Fsp3) is 0.300. The summed E-state index contributed by atoms with van der Waals surface area (Å²) in [5.41, 5.74) is 0.665. The number of carbonyl (C=O) groups is 2. The molecular formula is C20H22N2O3. The van der Waals surface area contributed by atoms with E-state index >= 15 is 0 Å². The number of piperidine rings is 1. The summed E-state index contributed by atoms with van der Waals surface area (Å²) in [6, 6.07) is 13.0. The third-order valence-corrected chi connectivity index (χ3v) is 4.33. The maximum atomic E-state index is 12.2. The van der Waals surface area contributed by atoms with Crippen molar-refractivity contribution in [3.63, 3.8) is 0 Å². The summed E-state index contributed by atoms with van der Waals surface area (Å²) in [6.07, 6.45) is 4.76. The van der Waals surface area contributed by atoms with E-state index in [1.54, 1.807) is 29.2 Å². The van der Waals surface area contributed by atoms with Crippen LogP contribution >= 0.6 is 0 Å². The van der Waals surface area contributed by atoms with Crippen molar-refractivity contribution in [2.24, 2.45) is 0 Å². The van der Waals surface area contributed by atoms with Gasteiger partial charge in [-0.05, 0) is 50.1 Å². The highest BCUT2D eigenvalue weighted by atomic mass is 16.3. The van der Waals surface area contributed by atoms with Gasteiger partial charge in [0.1, 0.15) is 11.5 Å². The fourth-order valence-electron chi connectivity index (χ4n) is 2.90. The summed E-state index contributed by atoms with van der Waals surface area (Å²) in [4.78, 5) is 26.2. The number of carbonyl (C=O) groups excluding carboxylic acids is 2. The van der Waals surface area contributed by atoms with Crippen molar-refractivity contribution in [2.75, 3.05) is 13.1 Å². The summed E-state index contributed by atoms with van der Waals surface area (Å²) in [5, 5.41) is 3.05. The van der Waals surface area contributed by atoms with Crippen LogP contribution in [0.2, 0.25) is 0 Å². The van der Waals surface area contributed by atoms with E-state index in [2.05, 4.69) is 5.32 Å². The second-order valence-electron chi connectivity index (χ2n) is 6.22. The zero-order valence-corrected chi connectivity index (χ0v) is 14.3. The lowest BCUT2D eigenvalue weighted by molar-refractivity contribution is -0.127. The minimum atomic E-state index is -0.0570. The zero-order chi connectivity index (χ0) is 17.6. The molecule has 3 rings (SSSR count). The maximum Gasteiger partial charge on any atom is 0.251 e. The van der Waals surface area contributed by atoms with E-state index in [-0.39, 0.29) is 17.9 Å². The van der Waals surface area contributed by atoms with Crippen molar-refractivity contribution < 1.29 is 14.0 Å². The molecule has 1 aliphatic heterocycles. The molecule has 1 aromatic heterocycles. The van der Waals surface area contributed by atoms with E-state index in [9.17, 15) is 9.59 Å². The molecule has 2 heterocycles. The number of benzene rings is 1. The molecule has 2 aromatic rings. The van der Waals surface area contributed by atoms with Crippen LogP contribution < -0.4 is 5.32 Å². The molecule has 1 saturated heterocycles. The Morgan fingerprint density at radius 2 is 1.84 bits per heavy atom. The SMILES string of the molecule is Cc1ccc(/C=C/C(=O)N2CCC(NC(=O)c3ccccc3)CC2)o1. The van der Waals surface area contributed by atoms with E-state index in [0.29, 0.717) is 24.4 Å². The lowest BCUT2D eigenvalue weighted by Crippen LogP contribution is -2.46. The topological polar surface area (TPSA) is 62.6 Å². The zero-order valence-electron chi connectivity index (χ0n) is 14.3. The van der Waals surface area contributed by atoms with Gasteiger partial charge >= 0.3 is 0 Å². The third kappa shape index (κ3) is 4.59. The molecule has 1 fully saturated rings. The summed E-state index contributed by atoms with van der Waals surface area (Å²) in [6.45, 7) is 3.15. The van der Waals surface area contributed by atoms with Crippen LogP contribution in [0.1, 0.15) is 34.7 Å². The molecular weight excluding hydrogens is 316 g/mol. The number of hydrogen-bond donors (Lipinski definition) is 1. The number of hydrogen-bond acceptors (Lipinski definition) is 3. The van der Waals surface area contributed by atoms with Gasteiger partial charge in [-0.3, -0.25) is 9.59 Å². The van der Waals surface area contributed by atoms with Crippen molar-refractivity contribution in [3.05, 3.63) is 65.6 Å². The Hall–Kier alpha value is -2.82. The molecule has 1 N–H and O–H groups in total. The lowest BCUT2D eigenvalue weighted by atomic mass is 10.0. The van der Waals surface area contributed by atoms with Crippen LogP contribution in [0.15, 0.2) is 53.0 Å². The predicted octanol–water partition coefficient (Wildman–Crippen LogP) is 3.02. The van der Waals surface area contributed by atoms with Gasteiger partial charge < -0.3 is 14.6 Å². The molecule has 0 atom stereocenters. The van der Waals surface area contributed by atoms with Crippen molar-refractivity contribution in [1.82, 2.24) is 10.2 Å². The second kappa shape index (κ2) is 7.83. The lowest BCUT2D eigenvalue weighted by Gasteiger charge is -2.31. The van der Waals surface area contributed by atoms with E-state index in [0.717, 1.165) is 18.6 Å². The van der Waals surface area contributed by atoms with Gasteiger partial charge in [-0.1, -0.05) is 18.2 Å². The summed E-state index contributed by atoms with van der Waals surface area (Å²) in [5.74, 6) is 1.42. The number of likely N-dealkylation sites (tertiary alicyclic amines) is 1. The molecule has 0 radical (unpaired) electrons. The van der Waals surface area contributed by atoms with Gasteiger partial charge in [-0.15, -0.1) is 0 Å². The van der Waals surface area contributed by atoms with Gasteiger partial charge in [-0.25, -0.2) is 0 Å². The van der Waals surface area contributed by atoms with E-state index in [1.165, 1.54) is 0 Å². The molecule has 1 aromatic carbocycles. The van der Waals surface area contributed by atoms with E-state index in [4.69, 9.17) is 4.42 Å². The van der Waals surface area contributed by atoms with Crippen LogP contribution in [-0.2, 0) is 4.79 Å². The van der Waals surface area contributed by atoms with Gasteiger partial charge in [0.25, 0.3) is 5.91 Å². The highest BCUT2D eigenvalue weighted by molar-refractivity contribution is 5.94. The Labute approximate surface area is 147 Å². The van der Waals surface area contributed by atoms with Crippen molar-refractivity contribution >= 4 is 17.9 Å². The average molecular weight is 338 g/mol. The number of amides is 2. The van der Waals surface area contributed by atoms with Gasteiger partial charge in [-0.2, -0.15) is 0 Å². The Balaban J connectivity index is 1.47. The third-order valence-electron chi connectivity index (χ3n) is 4.33. The fourth-order valence-corrected chi connectivity index (χ4v) is 2.90. The Morgan fingerprint density at radius 3 is 2.48 bits per heavy atom. The first-order valence-electron chi connectivity index (χ1n) is 8.51. The van der Waals surface area contributed by atoms with Crippen molar-refractivity contribution in [3.8, 4) is 0 Å². The number of aryl methyl sites for hydroxylation is 1. The highest BCUT2D eigenvalue weighted by Gasteiger charge is 2.23. The van der Waals surface area contributed by atoms with Crippen LogP contribution in [0.4, 0.5) is 0 Å². The number of nitrogens with zero attached hydrogens (tertiary/aromatic N) is 1. The first kappa shape index (κ1) is 17.0. The van der Waals surface area contributed by atoms with Crippen molar-refractivity contribution in [2.45, 2.75) is 25.8 Å². The molecule has 5 nitrogen and oxygen atoms in total. The average Bonchev–Trinajstić information content (AvgIpc) is 3.06. The monoisotopic (exact) mass is 338 g/mol. The largest absolute Gasteiger partial charge is 0.462 e. The van der Waals surface area contributed by atoms with Crippen LogP contribution in [-0.4, -0.2) is 35.8 Å². The Bertz CT molecular complexity index is 756. The standard InChI is InChI=1S/C20H22N2O3/c1-15-7-8-18(25-15)9-10-19(23)22-13-11-17(12-14-22)21-20(24)16-5-3-2-4-6-16/h2-10,17H,11-14H2,1H3,(H,21,24)/b10-9+. The summed E-state index contributed by atoms with van der Waals surface area (Å²) < 4.78 is 5.42. The summed E-state index contributed by atoms with van der Waals surface area (Å²) >= 11 is 0. The van der Waals surface area contributed by atoms with Crippen LogP contribution in [0.5, 0.6) is 0 Å². The molecule has 25 heavy (non-hydrogen) atoms. The molecule has 0 saturated carbocycles. The molecule has 0 bridgehead atoms. The molecule has 0 unspecified atom stereocenters. The van der Waals surface area contributed by atoms with E-state index in [1.807, 2.05) is 37.3 Å². The van der Waals surface area contributed by atoms with Crippen LogP contribution in [0.25, 0.3) is 6.08 Å². The molecule has 1 aliphatic rings. The Kier molecular flexibility index (Phi) is 5.33. The second-order valence-corrected chi connectivity index (χ2v) is 6.22. The smallest absolute Gasteiger partial charge is 0.251 e. The minimum Gasteiger partial charge on any atom is -0.462 e. The summed E-state index contributed by atoms with van der Waals surface area (Å²) in [7, 11) is 0. The quantitative estimate of drug-likeness (QED) is 0.872. The first-order valence-corrected chi connectivity index (χ1v) is 8.51. The van der Waals surface area contributed by atoms with Crippen LogP contribution in [0.3, 0.4) is 0 Å². The predicted molar refractivity (Wildman–Crippen MR) is 96.0 cm³/mol. The van der Waals surface area contributed by atoms with Gasteiger partial charge in [0, 0.05) is 30.8 Å². The van der Waals surface area contributed by atoms with Gasteiger partial charge in [0.05, 0.1) is 0 Å². The number of rotatable bonds is 4. The normalized spacial score (nSPS) is 15.5. The molecule has 130 valence electrons. The highest BCUT2D eigenvalue weighted by Crippen LogP contribution is 2.13. The number of furan rings is 1. The number of nitrogens with one attached hydrogen (secondary N) is 1. The first-order chi connectivity index (χ1) is 12.1. The van der Waals surface area contributed by atoms with Crippen LogP contribution in [0, 0.1) is 6.92 Å². The molecule has 0 aliphatic carbocycles.